The van der Waals surface area contributed by atoms with Crippen molar-refractivity contribution in [2.24, 2.45) is 0 Å². The monoisotopic (exact) mass is 228 g/mol. The normalized spacial score (nSPS) is 11.9. The molecule has 0 bridgehead atoms. The van der Waals surface area contributed by atoms with Gasteiger partial charge in [-0.15, -0.1) is 5.54 Å². The van der Waals surface area contributed by atoms with E-state index >= 15 is 0 Å². The molecule has 0 aliphatic heterocycles. The smallest absolute Gasteiger partial charge is 0.127 e. The van der Waals surface area contributed by atoms with Crippen molar-refractivity contribution in [3.63, 3.8) is 0 Å². The van der Waals surface area contributed by atoms with E-state index < -0.39 is 8.07 Å². The van der Waals surface area contributed by atoms with E-state index in [0.717, 1.165) is 6.42 Å². The van der Waals surface area contributed by atoms with Crippen LogP contribution in [0.5, 0.6) is 0 Å². The highest BCUT2D eigenvalue weighted by Gasteiger charge is 2.07. The summed E-state index contributed by atoms with van der Waals surface area (Å²) in [6.07, 6.45) is 3.19. The van der Waals surface area contributed by atoms with Crippen molar-refractivity contribution in [2.45, 2.75) is 33.0 Å². The molecule has 0 saturated carbocycles. The van der Waals surface area contributed by atoms with Crippen LogP contribution in [0.1, 0.15) is 18.9 Å². The first-order valence-electron chi connectivity index (χ1n) is 5.80. The Balaban J connectivity index is 2.90. The summed E-state index contributed by atoms with van der Waals surface area (Å²) in [5.41, 5.74) is 5.88. The van der Waals surface area contributed by atoms with Crippen LogP contribution in [0.15, 0.2) is 35.9 Å². The van der Waals surface area contributed by atoms with Crippen molar-refractivity contribution in [1.82, 2.24) is 0 Å². The van der Waals surface area contributed by atoms with Crippen molar-refractivity contribution in [2.75, 3.05) is 0 Å². The number of hydrogen-bond donors (Lipinski definition) is 0. The molecule has 84 valence electrons. The third-order valence-corrected chi connectivity index (χ3v) is 2.99. The van der Waals surface area contributed by atoms with Gasteiger partial charge in [0.1, 0.15) is 8.07 Å². The lowest BCUT2D eigenvalue weighted by atomic mass is 10.1. The first-order valence-corrected chi connectivity index (χ1v) is 9.30. The lowest BCUT2D eigenvalue weighted by Gasteiger charge is -2.04. The summed E-state index contributed by atoms with van der Waals surface area (Å²) in [6.45, 7) is 8.98. The first kappa shape index (κ1) is 12.8. The van der Waals surface area contributed by atoms with Gasteiger partial charge in [-0.05, 0) is 18.1 Å². The maximum absolute atomic E-state index is 3.41. The van der Waals surface area contributed by atoms with Crippen LogP contribution in [0.3, 0.4) is 0 Å². The Kier molecular flexibility index (Phi) is 4.58. The minimum Gasteiger partial charge on any atom is -0.127 e. The van der Waals surface area contributed by atoms with Crippen LogP contribution in [-0.2, 0) is 0 Å². The molecular formula is C15H20Si. The molecule has 0 fully saturated rings. The SMILES string of the molecule is CC/C(C#C[Si](C)(C)C)=C\c1ccccc1. The van der Waals surface area contributed by atoms with E-state index in [9.17, 15) is 0 Å². The maximum Gasteiger partial charge on any atom is 0.129 e. The fourth-order valence-corrected chi connectivity index (χ4v) is 1.78. The van der Waals surface area contributed by atoms with E-state index in [1.807, 2.05) is 6.07 Å². The molecule has 0 aliphatic carbocycles. The van der Waals surface area contributed by atoms with Gasteiger partial charge in [0.2, 0.25) is 0 Å². The van der Waals surface area contributed by atoms with Crippen molar-refractivity contribution < 1.29 is 0 Å². The molecule has 0 unspecified atom stereocenters. The fourth-order valence-electron chi connectivity index (χ4n) is 1.24. The second-order valence-electron chi connectivity index (χ2n) is 4.93. The summed E-state index contributed by atoms with van der Waals surface area (Å²) >= 11 is 0. The average Bonchev–Trinajstić information content (AvgIpc) is 2.24. The predicted molar refractivity (Wildman–Crippen MR) is 75.8 cm³/mol. The Morgan fingerprint density at radius 1 is 1.19 bits per heavy atom. The molecular weight excluding hydrogens is 208 g/mol. The van der Waals surface area contributed by atoms with Crippen LogP contribution in [0, 0.1) is 11.5 Å². The topological polar surface area (TPSA) is 0 Å². The van der Waals surface area contributed by atoms with Crippen LogP contribution in [0.2, 0.25) is 19.6 Å². The third-order valence-electron chi connectivity index (χ3n) is 2.12. The number of hydrogen-bond acceptors (Lipinski definition) is 0. The number of allylic oxidation sites excluding steroid dienone is 1. The summed E-state index contributed by atoms with van der Waals surface area (Å²) < 4.78 is 0. The van der Waals surface area contributed by atoms with Gasteiger partial charge in [0.15, 0.2) is 0 Å². The van der Waals surface area contributed by atoms with Crippen LogP contribution < -0.4 is 0 Å². The highest BCUT2D eigenvalue weighted by atomic mass is 28.3. The summed E-state index contributed by atoms with van der Waals surface area (Å²) in [6, 6.07) is 10.4. The maximum atomic E-state index is 3.41. The molecule has 1 heteroatoms. The summed E-state index contributed by atoms with van der Waals surface area (Å²) in [4.78, 5) is 0. The second kappa shape index (κ2) is 5.72. The lowest BCUT2D eigenvalue weighted by Crippen LogP contribution is -2.16. The van der Waals surface area contributed by atoms with Crippen LogP contribution in [0.25, 0.3) is 6.08 Å². The molecule has 0 nitrogen and oxygen atoms in total. The number of benzene rings is 1. The summed E-state index contributed by atoms with van der Waals surface area (Å²) in [7, 11) is -1.26. The molecule has 0 saturated heterocycles. The van der Waals surface area contributed by atoms with Crippen molar-refractivity contribution in [3.05, 3.63) is 41.5 Å². The molecule has 0 aliphatic rings. The van der Waals surface area contributed by atoms with E-state index in [1.165, 1.54) is 11.1 Å². The minimum atomic E-state index is -1.26. The molecule has 0 spiro atoms. The first-order chi connectivity index (χ1) is 7.51. The van der Waals surface area contributed by atoms with E-state index in [4.69, 9.17) is 0 Å². The third kappa shape index (κ3) is 5.00. The Hall–Kier alpha value is -1.26. The molecule has 0 amide bonds. The van der Waals surface area contributed by atoms with Gasteiger partial charge in [0.05, 0.1) is 0 Å². The van der Waals surface area contributed by atoms with Gasteiger partial charge in [-0.2, -0.15) is 0 Å². The van der Waals surface area contributed by atoms with E-state index in [-0.39, 0.29) is 0 Å². The standard InChI is InChI=1S/C15H20Si/c1-5-14(11-12-16(2,3)4)13-15-9-7-6-8-10-15/h6-10,13H,5H2,1-4H3/b14-13+. The van der Waals surface area contributed by atoms with Crippen LogP contribution >= 0.6 is 0 Å². The van der Waals surface area contributed by atoms with Gasteiger partial charge in [-0.1, -0.05) is 62.8 Å². The Labute approximate surface area is 100 Å². The zero-order valence-corrected chi connectivity index (χ0v) is 11.7. The largest absolute Gasteiger partial charge is 0.129 e. The molecule has 1 aromatic rings. The van der Waals surface area contributed by atoms with E-state index in [0.29, 0.717) is 0 Å². The van der Waals surface area contributed by atoms with E-state index in [1.54, 1.807) is 0 Å². The zero-order chi connectivity index (χ0) is 12.0. The molecule has 1 rings (SSSR count). The molecule has 0 heterocycles. The average molecular weight is 228 g/mol. The van der Waals surface area contributed by atoms with Crippen LogP contribution in [-0.4, -0.2) is 8.07 Å². The summed E-state index contributed by atoms with van der Waals surface area (Å²) in [5, 5.41) is 0. The molecule has 16 heavy (non-hydrogen) atoms. The fraction of sp³-hybridized carbons (Fsp3) is 0.333. The highest BCUT2D eigenvalue weighted by molar-refractivity contribution is 6.83. The lowest BCUT2D eigenvalue weighted by molar-refractivity contribution is 1.18. The van der Waals surface area contributed by atoms with Gasteiger partial charge >= 0.3 is 0 Å². The Bertz CT molecular complexity index is 410. The van der Waals surface area contributed by atoms with Crippen molar-refractivity contribution >= 4 is 14.1 Å². The molecule has 1 aromatic carbocycles. The van der Waals surface area contributed by atoms with Gasteiger partial charge in [0.25, 0.3) is 0 Å². The van der Waals surface area contributed by atoms with Gasteiger partial charge in [-0.3, -0.25) is 0 Å². The van der Waals surface area contributed by atoms with Gasteiger partial charge in [0, 0.05) is 5.57 Å². The highest BCUT2D eigenvalue weighted by Crippen LogP contribution is 2.09. The van der Waals surface area contributed by atoms with Gasteiger partial charge < -0.3 is 0 Å². The Morgan fingerprint density at radius 2 is 1.81 bits per heavy atom. The van der Waals surface area contributed by atoms with Crippen LogP contribution in [0.4, 0.5) is 0 Å². The minimum absolute atomic E-state index is 1.01. The Morgan fingerprint density at radius 3 is 2.31 bits per heavy atom. The quantitative estimate of drug-likeness (QED) is 0.521. The molecule has 0 N–H and O–H groups in total. The van der Waals surface area contributed by atoms with Gasteiger partial charge in [-0.25, -0.2) is 0 Å². The predicted octanol–water partition coefficient (Wildman–Crippen LogP) is 4.36. The zero-order valence-electron chi connectivity index (χ0n) is 10.7. The van der Waals surface area contributed by atoms with Crippen molar-refractivity contribution in [3.8, 4) is 11.5 Å². The molecule has 0 aromatic heterocycles. The summed E-state index contributed by atoms with van der Waals surface area (Å²) in [5.74, 6) is 3.33. The number of rotatable bonds is 2. The van der Waals surface area contributed by atoms with E-state index in [2.05, 4.69) is 68.4 Å². The second-order valence-corrected chi connectivity index (χ2v) is 9.68. The molecule has 0 radical (unpaired) electrons. The van der Waals surface area contributed by atoms with Crippen molar-refractivity contribution in [1.29, 1.82) is 0 Å². The molecule has 0 atom stereocenters.